The molecule has 2 unspecified atom stereocenters. The normalized spacial score (nSPS) is 26.8. The van der Waals surface area contributed by atoms with E-state index in [0.29, 0.717) is 0 Å². The highest BCUT2D eigenvalue weighted by atomic mass is 32.1. The molecule has 1 saturated carbocycles. The average Bonchev–Trinajstić information content (AvgIpc) is 2.62. The summed E-state index contributed by atoms with van der Waals surface area (Å²) in [7, 11) is 0. The Balaban J connectivity index is 1.77. The first-order valence-corrected chi connectivity index (χ1v) is 6.76. The Morgan fingerprint density at radius 3 is 3.07 bits per heavy atom. The van der Waals surface area contributed by atoms with E-state index in [1.807, 2.05) is 0 Å². The Labute approximate surface area is 96.1 Å². The van der Waals surface area contributed by atoms with Crippen molar-refractivity contribution in [1.82, 2.24) is 10.3 Å². The fourth-order valence-corrected chi connectivity index (χ4v) is 3.06. The SMILES string of the molecule is Cc1csc(CNC2CCCC(C)C2)n1. The number of hydrogen-bond donors (Lipinski definition) is 1. The molecule has 15 heavy (non-hydrogen) atoms. The molecular formula is C12H20N2S. The average molecular weight is 224 g/mol. The lowest BCUT2D eigenvalue weighted by molar-refractivity contribution is 0.300. The highest BCUT2D eigenvalue weighted by Gasteiger charge is 2.18. The Morgan fingerprint density at radius 1 is 1.53 bits per heavy atom. The zero-order valence-electron chi connectivity index (χ0n) is 9.62. The van der Waals surface area contributed by atoms with Gasteiger partial charge in [0.2, 0.25) is 0 Å². The van der Waals surface area contributed by atoms with Gasteiger partial charge < -0.3 is 5.32 Å². The van der Waals surface area contributed by atoms with Gasteiger partial charge in [0.1, 0.15) is 5.01 Å². The standard InChI is InChI=1S/C12H20N2S/c1-9-4-3-5-11(6-9)13-7-12-14-10(2)8-15-12/h8-9,11,13H,3-7H2,1-2H3. The van der Waals surface area contributed by atoms with Crippen molar-refractivity contribution in [3.8, 4) is 0 Å². The van der Waals surface area contributed by atoms with Crippen LogP contribution in [-0.2, 0) is 6.54 Å². The van der Waals surface area contributed by atoms with Gasteiger partial charge in [-0.05, 0) is 25.7 Å². The van der Waals surface area contributed by atoms with Gasteiger partial charge in [0.25, 0.3) is 0 Å². The van der Waals surface area contributed by atoms with Crippen molar-refractivity contribution in [3.63, 3.8) is 0 Å². The van der Waals surface area contributed by atoms with Gasteiger partial charge in [-0.1, -0.05) is 19.8 Å². The van der Waals surface area contributed by atoms with Crippen LogP contribution in [0.1, 0.15) is 43.3 Å². The van der Waals surface area contributed by atoms with E-state index >= 15 is 0 Å². The van der Waals surface area contributed by atoms with Crippen LogP contribution >= 0.6 is 11.3 Å². The molecule has 2 nitrogen and oxygen atoms in total. The van der Waals surface area contributed by atoms with E-state index in [0.717, 1.165) is 24.2 Å². The smallest absolute Gasteiger partial charge is 0.107 e. The van der Waals surface area contributed by atoms with Crippen molar-refractivity contribution in [1.29, 1.82) is 0 Å². The molecule has 0 radical (unpaired) electrons. The predicted octanol–water partition coefficient (Wildman–Crippen LogP) is 3.12. The van der Waals surface area contributed by atoms with Gasteiger partial charge in [0, 0.05) is 23.7 Å². The van der Waals surface area contributed by atoms with Crippen LogP contribution in [0, 0.1) is 12.8 Å². The van der Waals surface area contributed by atoms with Crippen LogP contribution < -0.4 is 5.32 Å². The molecule has 0 saturated heterocycles. The first kappa shape index (κ1) is 11.1. The molecule has 1 fully saturated rings. The fourth-order valence-electron chi connectivity index (χ4n) is 2.34. The summed E-state index contributed by atoms with van der Waals surface area (Å²) < 4.78 is 0. The second-order valence-electron chi connectivity index (χ2n) is 4.73. The zero-order chi connectivity index (χ0) is 10.7. The monoisotopic (exact) mass is 224 g/mol. The zero-order valence-corrected chi connectivity index (χ0v) is 10.4. The number of aromatic nitrogens is 1. The topological polar surface area (TPSA) is 24.9 Å². The molecule has 1 N–H and O–H groups in total. The minimum Gasteiger partial charge on any atom is -0.308 e. The number of nitrogens with one attached hydrogen (secondary N) is 1. The quantitative estimate of drug-likeness (QED) is 0.853. The maximum atomic E-state index is 4.47. The second kappa shape index (κ2) is 5.08. The molecule has 84 valence electrons. The molecule has 0 amide bonds. The summed E-state index contributed by atoms with van der Waals surface area (Å²) in [4.78, 5) is 4.47. The van der Waals surface area contributed by atoms with Crippen molar-refractivity contribution in [2.75, 3.05) is 0 Å². The minimum atomic E-state index is 0.720. The highest BCUT2D eigenvalue weighted by molar-refractivity contribution is 7.09. The Morgan fingerprint density at radius 2 is 2.40 bits per heavy atom. The van der Waals surface area contributed by atoms with E-state index in [-0.39, 0.29) is 0 Å². The van der Waals surface area contributed by atoms with E-state index in [2.05, 4.69) is 29.5 Å². The van der Waals surface area contributed by atoms with Crippen molar-refractivity contribution < 1.29 is 0 Å². The maximum absolute atomic E-state index is 4.47. The molecule has 1 heterocycles. The molecule has 2 atom stereocenters. The van der Waals surface area contributed by atoms with Crippen LogP contribution in [0.3, 0.4) is 0 Å². The lowest BCUT2D eigenvalue weighted by atomic mass is 9.87. The molecule has 2 rings (SSSR count). The Kier molecular flexibility index (Phi) is 3.76. The minimum absolute atomic E-state index is 0.720. The Bertz CT molecular complexity index is 308. The largest absolute Gasteiger partial charge is 0.308 e. The molecule has 1 aliphatic carbocycles. The molecule has 0 aromatic carbocycles. The first-order valence-electron chi connectivity index (χ1n) is 5.88. The van der Waals surface area contributed by atoms with E-state index in [4.69, 9.17) is 0 Å². The molecule has 1 aliphatic rings. The second-order valence-corrected chi connectivity index (χ2v) is 5.67. The predicted molar refractivity (Wildman–Crippen MR) is 65.1 cm³/mol. The molecule has 1 aromatic heterocycles. The van der Waals surface area contributed by atoms with Crippen molar-refractivity contribution >= 4 is 11.3 Å². The number of aryl methyl sites for hydroxylation is 1. The van der Waals surface area contributed by atoms with E-state index in [9.17, 15) is 0 Å². The maximum Gasteiger partial charge on any atom is 0.107 e. The van der Waals surface area contributed by atoms with Crippen molar-refractivity contribution in [3.05, 3.63) is 16.1 Å². The summed E-state index contributed by atoms with van der Waals surface area (Å²) in [6.07, 6.45) is 5.48. The number of hydrogen-bond acceptors (Lipinski definition) is 3. The van der Waals surface area contributed by atoms with Crippen LogP contribution in [0.15, 0.2) is 5.38 Å². The Hall–Kier alpha value is -0.410. The van der Waals surface area contributed by atoms with Crippen LogP contribution in [0.2, 0.25) is 0 Å². The summed E-state index contributed by atoms with van der Waals surface area (Å²) in [5.41, 5.74) is 1.15. The molecular weight excluding hydrogens is 204 g/mol. The summed E-state index contributed by atoms with van der Waals surface area (Å²) in [6.45, 7) is 5.37. The van der Waals surface area contributed by atoms with Crippen LogP contribution in [0.4, 0.5) is 0 Å². The van der Waals surface area contributed by atoms with Gasteiger partial charge in [-0.2, -0.15) is 0 Å². The van der Waals surface area contributed by atoms with Crippen LogP contribution in [-0.4, -0.2) is 11.0 Å². The first-order chi connectivity index (χ1) is 7.24. The number of rotatable bonds is 3. The van der Waals surface area contributed by atoms with Gasteiger partial charge in [0.15, 0.2) is 0 Å². The third-order valence-electron chi connectivity index (χ3n) is 3.14. The van der Waals surface area contributed by atoms with E-state index in [1.54, 1.807) is 11.3 Å². The molecule has 0 spiro atoms. The van der Waals surface area contributed by atoms with Crippen LogP contribution in [0.5, 0.6) is 0 Å². The lowest BCUT2D eigenvalue weighted by Gasteiger charge is -2.27. The molecule has 0 bridgehead atoms. The summed E-state index contributed by atoms with van der Waals surface area (Å²) in [6, 6.07) is 0.720. The third kappa shape index (κ3) is 3.28. The van der Waals surface area contributed by atoms with Crippen molar-refractivity contribution in [2.24, 2.45) is 5.92 Å². The summed E-state index contributed by atoms with van der Waals surface area (Å²) in [5.74, 6) is 0.897. The van der Waals surface area contributed by atoms with Gasteiger partial charge in [-0.15, -0.1) is 11.3 Å². The van der Waals surface area contributed by atoms with E-state index < -0.39 is 0 Å². The van der Waals surface area contributed by atoms with Crippen molar-refractivity contribution in [2.45, 2.75) is 52.1 Å². The van der Waals surface area contributed by atoms with Gasteiger partial charge in [-0.3, -0.25) is 0 Å². The van der Waals surface area contributed by atoms with Crippen LogP contribution in [0.25, 0.3) is 0 Å². The van der Waals surface area contributed by atoms with Gasteiger partial charge in [-0.25, -0.2) is 4.98 Å². The summed E-state index contributed by atoms with van der Waals surface area (Å²) >= 11 is 1.77. The fraction of sp³-hybridized carbons (Fsp3) is 0.750. The molecule has 3 heteroatoms. The van der Waals surface area contributed by atoms with Gasteiger partial charge >= 0.3 is 0 Å². The number of nitrogens with zero attached hydrogens (tertiary/aromatic N) is 1. The third-order valence-corrected chi connectivity index (χ3v) is 4.11. The summed E-state index contributed by atoms with van der Waals surface area (Å²) in [5, 5.41) is 6.98. The molecule has 1 aromatic rings. The number of thiazole rings is 1. The van der Waals surface area contributed by atoms with Gasteiger partial charge in [0.05, 0.1) is 0 Å². The molecule has 0 aliphatic heterocycles. The highest BCUT2D eigenvalue weighted by Crippen LogP contribution is 2.23. The lowest BCUT2D eigenvalue weighted by Crippen LogP contribution is -2.33. The van der Waals surface area contributed by atoms with E-state index in [1.165, 1.54) is 30.7 Å².